The maximum Gasteiger partial charge on any atom is 0.324 e. The van der Waals surface area contributed by atoms with Crippen LogP contribution in [0, 0.1) is 0 Å². The quantitative estimate of drug-likeness (QED) is 0.549. The maximum atomic E-state index is 12.7. The van der Waals surface area contributed by atoms with Gasteiger partial charge in [-0.3, -0.25) is 10.1 Å². The first-order valence-corrected chi connectivity index (χ1v) is 11.6. The van der Waals surface area contributed by atoms with E-state index in [0.29, 0.717) is 28.6 Å². The number of urea groups is 1. The van der Waals surface area contributed by atoms with Gasteiger partial charge in [-0.15, -0.1) is 0 Å². The lowest BCUT2D eigenvalue weighted by molar-refractivity contribution is -0.116. The Bertz CT molecular complexity index is 1110. The summed E-state index contributed by atoms with van der Waals surface area (Å²) in [7, 11) is 1.58. The number of nitrogens with one attached hydrogen (secondary N) is 2. The third-order valence-electron chi connectivity index (χ3n) is 5.35. The van der Waals surface area contributed by atoms with Crippen LogP contribution in [0.15, 0.2) is 42.5 Å². The first-order chi connectivity index (χ1) is 16.1. The smallest absolute Gasteiger partial charge is 0.324 e. The molecule has 0 atom stereocenters. The van der Waals surface area contributed by atoms with Crippen LogP contribution in [-0.4, -0.2) is 68.3 Å². The number of morpholine rings is 1. The molecule has 2 aromatic carbocycles. The third-order valence-corrected chi connectivity index (χ3v) is 6.28. The molecule has 1 aliphatic rings. The fraction of sp³-hybridized carbons (Fsp3) is 0.348. The first-order valence-electron chi connectivity index (χ1n) is 10.8. The van der Waals surface area contributed by atoms with Crippen LogP contribution in [0.4, 0.5) is 21.3 Å². The molecule has 10 heteroatoms. The van der Waals surface area contributed by atoms with E-state index in [1.807, 2.05) is 49.4 Å². The number of anilines is 3. The van der Waals surface area contributed by atoms with Gasteiger partial charge >= 0.3 is 6.03 Å². The van der Waals surface area contributed by atoms with Crippen LogP contribution < -0.4 is 20.3 Å². The molecule has 3 amide bonds. The standard InChI is InChI=1S/C23H27N5O4S/c1-3-27(23(30)26-22-25-21-18(31-2)5-4-6-19(21)33-22)15-20(29)24-16-7-9-17(10-8-16)28-11-13-32-14-12-28/h4-10H,3,11-15H2,1-2H3,(H,24,29)(H,25,26,30). The predicted molar refractivity (Wildman–Crippen MR) is 131 cm³/mol. The van der Waals surface area contributed by atoms with Gasteiger partial charge in [-0.1, -0.05) is 17.4 Å². The average molecular weight is 470 g/mol. The molecule has 0 saturated carbocycles. The second-order valence-electron chi connectivity index (χ2n) is 7.46. The van der Waals surface area contributed by atoms with E-state index >= 15 is 0 Å². The monoisotopic (exact) mass is 469 g/mol. The summed E-state index contributed by atoms with van der Waals surface area (Å²) in [5.41, 5.74) is 2.48. The lowest BCUT2D eigenvalue weighted by Crippen LogP contribution is -2.40. The maximum absolute atomic E-state index is 12.7. The van der Waals surface area contributed by atoms with E-state index in [2.05, 4.69) is 20.5 Å². The second kappa shape index (κ2) is 10.5. The Morgan fingerprint density at radius 2 is 1.91 bits per heavy atom. The van der Waals surface area contributed by atoms with Gasteiger partial charge < -0.3 is 24.6 Å². The molecular formula is C23H27N5O4S. The van der Waals surface area contributed by atoms with Gasteiger partial charge in [0.15, 0.2) is 5.13 Å². The van der Waals surface area contributed by atoms with Crippen molar-refractivity contribution >= 4 is 50.0 Å². The number of amides is 3. The molecule has 0 unspecified atom stereocenters. The molecule has 1 aliphatic heterocycles. The minimum absolute atomic E-state index is 0.0677. The van der Waals surface area contributed by atoms with Gasteiger partial charge in [-0.05, 0) is 43.3 Å². The molecule has 1 aromatic heterocycles. The summed E-state index contributed by atoms with van der Waals surface area (Å²) in [6, 6.07) is 12.9. The van der Waals surface area contributed by atoms with Crippen molar-refractivity contribution in [3.05, 3.63) is 42.5 Å². The molecular weight excluding hydrogens is 442 g/mol. The number of fused-ring (bicyclic) bond motifs is 1. The Labute approximate surface area is 196 Å². The first kappa shape index (κ1) is 22.8. The van der Waals surface area contributed by atoms with Crippen molar-refractivity contribution in [3.63, 3.8) is 0 Å². The molecule has 0 radical (unpaired) electrons. The third kappa shape index (κ3) is 5.52. The number of carbonyl (C=O) groups excluding carboxylic acids is 2. The van der Waals surface area contributed by atoms with Crippen LogP contribution in [0.2, 0.25) is 0 Å². The highest BCUT2D eigenvalue weighted by Gasteiger charge is 2.18. The predicted octanol–water partition coefficient (Wildman–Crippen LogP) is 3.63. The summed E-state index contributed by atoms with van der Waals surface area (Å²) >= 11 is 1.36. The van der Waals surface area contributed by atoms with Crippen molar-refractivity contribution in [2.45, 2.75) is 6.92 Å². The molecule has 1 saturated heterocycles. The number of methoxy groups -OCH3 is 1. The van der Waals surface area contributed by atoms with E-state index in [1.165, 1.54) is 16.2 Å². The molecule has 4 rings (SSSR count). The highest BCUT2D eigenvalue weighted by Crippen LogP contribution is 2.32. The Hall–Kier alpha value is -3.37. The second-order valence-corrected chi connectivity index (χ2v) is 8.50. The summed E-state index contributed by atoms with van der Waals surface area (Å²) in [6.07, 6.45) is 0. The van der Waals surface area contributed by atoms with Gasteiger partial charge in [-0.2, -0.15) is 0 Å². The van der Waals surface area contributed by atoms with Crippen molar-refractivity contribution in [3.8, 4) is 5.75 Å². The fourth-order valence-corrected chi connectivity index (χ4v) is 4.46. The van der Waals surface area contributed by atoms with Crippen LogP contribution in [0.25, 0.3) is 10.2 Å². The molecule has 2 N–H and O–H groups in total. The van der Waals surface area contributed by atoms with Gasteiger partial charge in [0.1, 0.15) is 17.8 Å². The summed E-state index contributed by atoms with van der Waals surface area (Å²) in [5, 5.41) is 6.10. The minimum Gasteiger partial charge on any atom is -0.494 e. The summed E-state index contributed by atoms with van der Waals surface area (Å²) in [6.45, 7) is 5.29. The largest absolute Gasteiger partial charge is 0.494 e. The number of benzene rings is 2. The molecule has 33 heavy (non-hydrogen) atoms. The van der Waals surface area contributed by atoms with Crippen LogP contribution >= 0.6 is 11.3 Å². The molecule has 0 spiro atoms. The SMILES string of the molecule is CCN(CC(=O)Nc1ccc(N2CCOCC2)cc1)C(=O)Nc1nc2c(OC)cccc2s1. The highest BCUT2D eigenvalue weighted by atomic mass is 32.1. The van der Waals surface area contributed by atoms with E-state index in [4.69, 9.17) is 9.47 Å². The van der Waals surface area contributed by atoms with Crippen molar-refractivity contribution in [2.24, 2.45) is 0 Å². The highest BCUT2D eigenvalue weighted by molar-refractivity contribution is 7.22. The lowest BCUT2D eigenvalue weighted by Gasteiger charge is -2.29. The number of likely N-dealkylation sites (N-methyl/N-ethyl adjacent to an activating group) is 1. The zero-order valence-corrected chi connectivity index (χ0v) is 19.5. The minimum atomic E-state index is -0.381. The average Bonchev–Trinajstić information content (AvgIpc) is 3.26. The molecule has 1 fully saturated rings. The number of rotatable bonds is 7. The molecule has 2 heterocycles. The van der Waals surface area contributed by atoms with Gasteiger partial charge in [0.05, 0.1) is 25.0 Å². The van der Waals surface area contributed by atoms with Gasteiger partial charge in [-0.25, -0.2) is 9.78 Å². The molecule has 174 valence electrons. The molecule has 9 nitrogen and oxygen atoms in total. The van der Waals surface area contributed by atoms with E-state index < -0.39 is 0 Å². The van der Waals surface area contributed by atoms with Gasteiger partial charge in [0.2, 0.25) is 5.91 Å². The Balaban J connectivity index is 1.34. The Morgan fingerprint density at radius 1 is 1.15 bits per heavy atom. The summed E-state index contributed by atoms with van der Waals surface area (Å²) in [4.78, 5) is 33.4. The number of aromatic nitrogens is 1. The topological polar surface area (TPSA) is 96.0 Å². The van der Waals surface area contributed by atoms with Crippen molar-refractivity contribution in [2.75, 3.05) is 62.0 Å². The Morgan fingerprint density at radius 3 is 2.61 bits per heavy atom. The molecule has 3 aromatic rings. The van der Waals surface area contributed by atoms with E-state index in [-0.39, 0.29) is 18.5 Å². The number of thiazole rings is 1. The van der Waals surface area contributed by atoms with E-state index in [9.17, 15) is 9.59 Å². The van der Waals surface area contributed by atoms with Crippen molar-refractivity contribution in [1.82, 2.24) is 9.88 Å². The zero-order valence-electron chi connectivity index (χ0n) is 18.7. The van der Waals surface area contributed by atoms with Gasteiger partial charge in [0.25, 0.3) is 0 Å². The van der Waals surface area contributed by atoms with E-state index in [1.54, 1.807) is 7.11 Å². The molecule has 0 aliphatic carbocycles. The number of hydrogen-bond acceptors (Lipinski definition) is 7. The van der Waals surface area contributed by atoms with Crippen molar-refractivity contribution < 1.29 is 19.1 Å². The normalized spacial score (nSPS) is 13.6. The van der Waals surface area contributed by atoms with Crippen LogP contribution in [0.5, 0.6) is 5.75 Å². The van der Waals surface area contributed by atoms with Gasteiger partial charge in [0, 0.05) is 31.0 Å². The van der Waals surface area contributed by atoms with Crippen LogP contribution in [0.1, 0.15) is 6.92 Å². The van der Waals surface area contributed by atoms with E-state index in [0.717, 1.165) is 36.7 Å². The number of ether oxygens (including phenoxy) is 2. The molecule has 0 bridgehead atoms. The van der Waals surface area contributed by atoms with Crippen molar-refractivity contribution in [1.29, 1.82) is 0 Å². The lowest BCUT2D eigenvalue weighted by atomic mass is 10.2. The number of nitrogens with zero attached hydrogens (tertiary/aromatic N) is 3. The fourth-order valence-electron chi connectivity index (χ4n) is 3.59. The number of hydrogen-bond donors (Lipinski definition) is 2. The Kier molecular flexibility index (Phi) is 7.26. The van der Waals surface area contributed by atoms with Crippen LogP contribution in [0.3, 0.4) is 0 Å². The van der Waals surface area contributed by atoms with Crippen LogP contribution in [-0.2, 0) is 9.53 Å². The number of carbonyl (C=O) groups is 2. The zero-order chi connectivity index (χ0) is 23.2. The summed E-state index contributed by atoms with van der Waals surface area (Å²) < 4.78 is 11.6. The summed E-state index contributed by atoms with van der Waals surface area (Å²) in [5.74, 6) is 0.382. The number of para-hydroxylation sites is 1.